The van der Waals surface area contributed by atoms with E-state index in [0.29, 0.717) is 0 Å². The van der Waals surface area contributed by atoms with Gasteiger partial charge in [0.15, 0.2) is 0 Å². The van der Waals surface area contributed by atoms with Crippen molar-refractivity contribution in [3.05, 3.63) is 0 Å². The maximum Gasteiger partial charge on any atom is 4.00 e. The molecule has 0 saturated carbocycles. The van der Waals surface area contributed by atoms with E-state index in [2.05, 4.69) is 0 Å². The van der Waals surface area contributed by atoms with E-state index in [1.165, 1.54) is 0 Å². The quantitative estimate of drug-likeness (QED) is 0.455. The van der Waals surface area contributed by atoms with Crippen molar-refractivity contribution in [1.29, 1.82) is 0 Å². The van der Waals surface area contributed by atoms with Crippen molar-refractivity contribution >= 4 is 0 Å². The van der Waals surface area contributed by atoms with E-state index in [0.717, 1.165) is 0 Å². The molecule has 0 aliphatic heterocycles. The van der Waals surface area contributed by atoms with Crippen molar-refractivity contribution in [2.24, 2.45) is 0 Å². The van der Waals surface area contributed by atoms with Crippen LogP contribution in [0.1, 0.15) is 0 Å². The second kappa shape index (κ2) is 22.0. The maximum absolute atomic E-state index is 0. The molecule has 0 spiro atoms. The molecule has 1 nitrogen and oxygen atoms in total. The van der Waals surface area contributed by atoms with Crippen LogP contribution in [0.3, 0.4) is 0 Å². The van der Waals surface area contributed by atoms with Crippen molar-refractivity contribution in [1.82, 2.24) is 0 Å². The van der Waals surface area contributed by atoms with Gasteiger partial charge in [-0.2, -0.15) is 0 Å². The first-order chi connectivity index (χ1) is 0. The standard InChI is InChI=1S/Cr.Fe.O.Ti/q+3;+2;-2;+4. The second-order valence-corrected chi connectivity index (χ2v) is 0. The van der Waals surface area contributed by atoms with Gasteiger partial charge in [-0.1, -0.05) is 0 Å². The van der Waals surface area contributed by atoms with Gasteiger partial charge >= 0.3 is 56.1 Å². The average molecular weight is 172 g/mol. The molecule has 0 heterocycles. The molecular formula is CrFeOTi+7. The van der Waals surface area contributed by atoms with Crippen LogP contribution in [-0.2, 0) is 61.6 Å². The van der Waals surface area contributed by atoms with Gasteiger partial charge in [-0.25, -0.2) is 0 Å². The van der Waals surface area contributed by atoms with Gasteiger partial charge in [0.05, 0.1) is 0 Å². The largest absolute Gasteiger partial charge is 4.00 e. The third kappa shape index (κ3) is 9.29. The van der Waals surface area contributed by atoms with Gasteiger partial charge < -0.3 is 5.48 Å². The van der Waals surface area contributed by atoms with Crippen LogP contribution in [0.2, 0.25) is 0 Å². The second-order valence-electron chi connectivity index (χ2n) is 0. The summed E-state index contributed by atoms with van der Waals surface area (Å²) < 4.78 is 0. The van der Waals surface area contributed by atoms with E-state index >= 15 is 0 Å². The minimum Gasteiger partial charge on any atom is -2.00 e. The average Bonchev–Trinajstić information content (AvgIpc) is 0. The van der Waals surface area contributed by atoms with E-state index < -0.39 is 0 Å². The van der Waals surface area contributed by atoms with Crippen molar-refractivity contribution in [3.63, 3.8) is 0 Å². The van der Waals surface area contributed by atoms with Crippen LogP contribution in [0.15, 0.2) is 0 Å². The fourth-order valence-electron chi connectivity index (χ4n) is 0. The molecular weight excluding hydrogens is 172 g/mol. The fraction of sp³-hybridized carbons (Fsp3) is 0. The monoisotopic (exact) mass is 172 g/mol. The molecule has 0 unspecified atom stereocenters. The molecule has 0 rings (SSSR count). The molecule has 0 saturated heterocycles. The molecule has 4 heteroatoms. The van der Waals surface area contributed by atoms with Gasteiger partial charge in [0, 0.05) is 0 Å². The molecule has 0 atom stereocenters. The molecule has 0 aromatic heterocycles. The van der Waals surface area contributed by atoms with Crippen LogP contribution in [-0.4, -0.2) is 0 Å². The van der Waals surface area contributed by atoms with Crippen LogP contribution in [0.5, 0.6) is 0 Å². The molecule has 0 aliphatic carbocycles. The molecule has 1 radical (unpaired) electrons. The zero-order chi connectivity index (χ0) is 0. The first-order valence-corrected chi connectivity index (χ1v) is 0. The summed E-state index contributed by atoms with van der Waals surface area (Å²) in [4.78, 5) is 0. The van der Waals surface area contributed by atoms with Crippen molar-refractivity contribution in [2.75, 3.05) is 0 Å². The predicted molar refractivity (Wildman–Crippen MR) is 0.686 cm³/mol. The Balaban J connectivity index is 0. The topological polar surface area (TPSA) is 28.5 Å². The van der Waals surface area contributed by atoms with Gasteiger partial charge in [0.2, 0.25) is 0 Å². The maximum atomic E-state index is 0. The predicted octanol–water partition coefficient (Wildman–Crippen LogP) is -0.126. The summed E-state index contributed by atoms with van der Waals surface area (Å²) in [6.45, 7) is 0. The summed E-state index contributed by atoms with van der Waals surface area (Å²) in [6, 6.07) is 0. The fourth-order valence-corrected chi connectivity index (χ4v) is 0. The third-order valence-electron chi connectivity index (χ3n) is 0. The molecule has 4 heavy (non-hydrogen) atoms. The normalized spacial score (nSPS) is 0. The number of hydrogen-bond acceptors (Lipinski definition) is 0. The first kappa shape index (κ1) is 42.9. The Bertz CT molecular complexity index is 8.00. The van der Waals surface area contributed by atoms with Crippen molar-refractivity contribution < 1.29 is 61.6 Å². The minimum absolute atomic E-state index is 0. The molecule has 0 amide bonds. The first-order valence-electron chi connectivity index (χ1n) is 0. The van der Waals surface area contributed by atoms with Crippen molar-refractivity contribution in [3.8, 4) is 0 Å². The van der Waals surface area contributed by atoms with Gasteiger partial charge in [-0.3, -0.25) is 0 Å². The zero-order valence-corrected chi connectivity index (χ0v) is 5.61. The van der Waals surface area contributed by atoms with E-state index in [-0.39, 0.29) is 61.6 Å². The number of hydrogen-bond donors (Lipinski definition) is 0. The Hall–Kier alpha value is 1.73. The molecule has 17 valence electrons. The summed E-state index contributed by atoms with van der Waals surface area (Å²) in [5.41, 5.74) is 0. The summed E-state index contributed by atoms with van der Waals surface area (Å²) in [5, 5.41) is 0. The third-order valence-corrected chi connectivity index (χ3v) is 0. The van der Waals surface area contributed by atoms with E-state index in [4.69, 9.17) is 0 Å². The Morgan fingerprint density at radius 2 is 1.00 bits per heavy atom. The van der Waals surface area contributed by atoms with E-state index in [1.807, 2.05) is 0 Å². The summed E-state index contributed by atoms with van der Waals surface area (Å²) in [5.74, 6) is 0. The van der Waals surface area contributed by atoms with Crippen LogP contribution >= 0.6 is 0 Å². The van der Waals surface area contributed by atoms with Crippen LogP contribution < -0.4 is 0 Å². The van der Waals surface area contributed by atoms with Gasteiger partial charge in [0.25, 0.3) is 0 Å². The molecule has 0 fully saturated rings. The van der Waals surface area contributed by atoms with Gasteiger partial charge in [-0.05, 0) is 0 Å². The minimum atomic E-state index is 0. The molecule has 0 aromatic carbocycles. The van der Waals surface area contributed by atoms with Crippen LogP contribution in [0.25, 0.3) is 0 Å². The Kier molecular flexibility index (Phi) is 236. The van der Waals surface area contributed by atoms with Crippen molar-refractivity contribution in [2.45, 2.75) is 0 Å². The molecule has 0 N–H and O–H groups in total. The number of rotatable bonds is 0. The zero-order valence-electron chi connectivity index (χ0n) is 1.67. The smallest absolute Gasteiger partial charge is 2.00 e. The van der Waals surface area contributed by atoms with E-state index in [1.54, 1.807) is 0 Å². The molecule has 0 aromatic rings. The Labute approximate surface area is 61.3 Å². The van der Waals surface area contributed by atoms with Crippen LogP contribution in [0, 0.1) is 0 Å². The molecule has 0 bridgehead atoms. The van der Waals surface area contributed by atoms with Crippen LogP contribution in [0.4, 0.5) is 0 Å². The van der Waals surface area contributed by atoms with Gasteiger partial charge in [-0.15, -0.1) is 0 Å². The summed E-state index contributed by atoms with van der Waals surface area (Å²) >= 11 is 0. The summed E-state index contributed by atoms with van der Waals surface area (Å²) in [7, 11) is 0. The Morgan fingerprint density at radius 3 is 1.00 bits per heavy atom. The van der Waals surface area contributed by atoms with Gasteiger partial charge in [0.1, 0.15) is 0 Å². The molecule has 0 aliphatic rings. The SMILES string of the molecule is [Cr+3].[Fe+2].[O-2].[Ti+4]. The van der Waals surface area contributed by atoms with E-state index in [9.17, 15) is 0 Å². The summed E-state index contributed by atoms with van der Waals surface area (Å²) in [6.07, 6.45) is 0. The Morgan fingerprint density at radius 1 is 1.00 bits per heavy atom.